The van der Waals surface area contributed by atoms with Gasteiger partial charge in [0.1, 0.15) is 17.4 Å². The molecule has 0 saturated carbocycles. The van der Waals surface area contributed by atoms with Crippen LogP contribution in [0.4, 0.5) is 8.78 Å². The Labute approximate surface area is 192 Å². The smallest absolute Gasteiger partial charge is 0.343 e. The number of aryl methyl sites for hydroxylation is 1. The van der Waals surface area contributed by atoms with Crippen LogP contribution in [-0.4, -0.2) is 5.97 Å². The monoisotopic (exact) mass is 442 g/mol. The molecule has 0 aliphatic carbocycles. The Balaban J connectivity index is 1.41. The van der Waals surface area contributed by atoms with Gasteiger partial charge in [-0.15, -0.1) is 0 Å². The minimum absolute atomic E-state index is 0.354. The molecule has 0 aliphatic rings. The fraction of sp³-hybridized carbons (Fsp3) is 0.138. The molecule has 2 nitrogen and oxygen atoms in total. The fourth-order valence-electron chi connectivity index (χ4n) is 3.65. The molecule has 0 aromatic heterocycles. The Morgan fingerprint density at radius 2 is 1.21 bits per heavy atom. The van der Waals surface area contributed by atoms with Crippen molar-refractivity contribution in [3.05, 3.63) is 114 Å². The van der Waals surface area contributed by atoms with E-state index >= 15 is 0 Å². The zero-order valence-electron chi connectivity index (χ0n) is 18.4. The second-order valence-corrected chi connectivity index (χ2v) is 7.95. The van der Waals surface area contributed by atoms with Crippen LogP contribution in [-0.2, 0) is 6.42 Å². The molecule has 4 heteroatoms. The summed E-state index contributed by atoms with van der Waals surface area (Å²) in [7, 11) is 0. The Kier molecular flexibility index (Phi) is 6.94. The van der Waals surface area contributed by atoms with Crippen LogP contribution in [0.25, 0.3) is 22.3 Å². The van der Waals surface area contributed by atoms with E-state index in [1.165, 1.54) is 30.5 Å². The molecular weight excluding hydrogens is 418 g/mol. The van der Waals surface area contributed by atoms with Crippen molar-refractivity contribution in [2.75, 3.05) is 0 Å². The van der Waals surface area contributed by atoms with Crippen LogP contribution < -0.4 is 4.74 Å². The Morgan fingerprint density at radius 3 is 1.79 bits per heavy atom. The number of esters is 1. The lowest BCUT2D eigenvalue weighted by atomic mass is 10.0. The molecule has 0 unspecified atom stereocenters. The average Bonchev–Trinajstić information content (AvgIpc) is 2.83. The summed E-state index contributed by atoms with van der Waals surface area (Å²) in [6.07, 6.45) is 3.44. The first-order chi connectivity index (χ1) is 16.0. The number of benzene rings is 4. The Bertz CT molecular complexity index is 1210. The maximum atomic E-state index is 13.4. The Hall–Kier alpha value is -3.79. The molecule has 0 N–H and O–H groups in total. The highest BCUT2D eigenvalue weighted by Gasteiger charge is 2.10. The first-order valence-electron chi connectivity index (χ1n) is 11.0. The second-order valence-electron chi connectivity index (χ2n) is 7.95. The number of hydrogen-bond acceptors (Lipinski definition) is 2. The van der Waals surface area contributed by atoms with Gasteiger partial charge in [-0.3, -0.25) is 0 Å². The summed E-state index contributed by atoms with van der Waals surface area (Å²) in [6.45, 7) is 2.19. The van der Waals surface area contributed by atoms with Crippen molar-refractivity contribution < 1.29 is 18.3 Å². The zero-order valence-corrected chi connectivity index (χ0v) is 18.4. The minimum Gasteiger partial charge on any atom is -0.423 e. The predicted octanol–water partition coefficient (Wildman–Crippen LogP) is 7.86. The van der Waals surface area contributed by atoms with Crippen molar-refractivity contribution in [2.24, 2.45) is 0 Å². The fourth-order valence-corrected chi connectivity index (χ4v) is 3.65. The van der Waals surface area contributed by atoms with Crippen molar-refractivity contribution in [1.82, 2.24) is 0 Å². The van der Waals surface area contributed by atoms with Crippen LogP contribution in [0.2, 0.25) is 0 Å². The van der Waals surface area contributed by atoms with E-state index in [2.05, 4.69) is 31.2 Å². The van der Waals surface area contributed by atoms with Crippen LogP contribution in [0.1, 0.15) is 35.7 Å². The molecule has 0 saturated heterocycles. The molecule has 166 valence electrons. The Morgan fingerprint density at radius 1 is 0.697 bits per heavy atom. The van der Waals surface area contributed by atoms with E-state index in [0.717, 1.165) is 23.6 Å². The van der Waals surface area contributed by atoms with Gasteiger partial charge in [-0.05, 0) is 77.1 Å². The predicted molar refractivity (Wildman–Crippen MR) is 127 cm³/mol. The SMILES string of the molecule is CCCCc1ccc(-c2ccc(C(=O)Oc3ccc(-c4cc(F)cc(F)c4)cc3)cc2)cc1. The highest BCUT2D eigenvalue weighted by Crippen LogP contribution is 2.25. The topological polar surface area (TPSA) is 26.3 Å². The van der Waals surface area contributed by atoms with Gasteiger partial charge < -0.3 is 4.74 Å². The molecular formula is C29H24F2O2. The van der Waals surface area contributed by atoms with Gasteiger partial charge in [0.2, 0.25) is 0 Å². The third-order valence-electron chi connectivity index (χ3n) is 5.49. The molecule has 4 aromatic carbocycles. The largest absolute Gasteiger partial charge is 0.423 e. The van der Waals surface area contributed by atoms with E-state index in [0.29, 0.717) is 22.4 Å². The number of carbonyl (C=O) groups excluding carboxylic acids is 1. The molecule has 0 amide bonds. The van der Waals surface area contributed by atoms with Gasteiger partial charge in [0.25, 0.3) is 0 Å². The first kappa shape index (κ1) is 22.4. The quantitative estimate of drug-likeness (QED) is 0.215. The molecule has 33 heavy (non-hydrogen) atoms. The molecule has 0 radical (unpaired) electrons. The third kappa shape index (κ3) is 5.72. The van der Waals surface area contributed by atoms with E-state index in [9.17, 15) is 13.6 Å². The number of ether oxygens (including phenoxy) is 1. The molecule has 0 bridgehead atoms. The molecule has 0 atom stereocenters. The highest BCUT2D eigenvalue weighted by molar-refractivity contribution is 5.91. The summed E-state index contributed by atoms with van der Waals surface area (Å²) < 4.78 is 32.3. The molecule has 4 rings (SSSR count). The molecule has 0 heterocycles. The van der Waals surface area contributed by atoms with E-state index in [1.54, 1.807) is 36.4 Å². The van der Waals surface area contributed by atoms with Crippen LogP contribution in [0, 0.1) is 11.6 Å². The van der Waals surface area contributed by atoms with E-state index in [-0.39, 0.29) is 0 Å². The molecule has 0 spiro atoms. The molecule has 0 aliphatic heterocycles. The number of carbonyl (C=O) groups is 1. The third-order valence-corrected chi connectivity index (χ3v) is 5.49. The summed E-state index contributed by atoms with van der Waals surface area (Å²) in [6, 6.07) is 25.6. The lowest BCUT2D eigenvalue weighted by molar-refractivity contribution is 0.0735. The van der Waals surface area contributed by atoms with E-state index < -0.39 is 17.6 Å². The standard InChI is InChI=1S/C29H24F2O2/c1-2-3-4-20-5-7-21(8-6-20)22-9-11-24(12-10-22)29(32)33-28-15-13-23(14-16-28)25-17-26(30)19-27(31)18-25/h5-19H,2-4H2,1H3. The van der Waals surface area contributed by atoms with Crippen molar-refractivity contribution >= 4 is 5.97 Å². The molecule has 0 fully saturated rings. The summed E-state index contributed by atoms with van der Waals surface area (Å²) in [5.74, 6) is -1.40. The van der Waals surface area contributed by atoms with Gasteiger partial charge in [-0.2, -0.15) is 0 Å². The normalized spacial score (nSPS) is 10.8. The number of rotatable bonds is 7. The van der Waals surface area contributed by atoms with Crippen molar-refractivity contribution in [3.63, 3.8) is 0 Å². The van der Waals surface area contributed by atoms with E-state index in [1.807, 2.05) is 12.1 Å². The maximum absolute atomic E-state index is 13.4. The van der Waals surface area contributed by atoms with Crippen LogP contribution in [0.3, 0.4) is 0 Å². The summed E-state index contributed by atoms with van der Waals surface area (Å²) in [5.41, 5.74) is 4.93. The van der Waals surface area contributed by atoms with Crippen molar-refractivity contribution in [2.45, 2.75) is 26.2 Å². The summed E-state index contributed by atoms with van der Waals surface area (Å²) in [4.78, 5) is 12.5. The van der Waals surface area contributed by atoms with Gasteiger partial charge in [0.05, 0.1) is 5.56 Å². The van der Waals surface area contributed by atoms with Gasteiger partial charge in [-0.25, -0.2) is 13.6 Å². The zero-order chi connectivity index (χ0) is 23.2. The summed E-state index contributed by atoms with van der Waals surface area (Å²) in [5, 5.41) is 0. The van der Waals surface area contributed by atoms with E-state index in [4.69, 9.17) is 4.74 Å². The van der Waals surface area contributed by atoms with Gasteiger partial charge in [-0.1, -0.05) is 61.9 Å². The molecule has 4 aromatic rings. The van der Waals surface area contributed by atoms with Gasteiger partial charge in [0.15, 0.2) is 0 Å². The highest BCUT2D eigenvalue weighted by atomic mass is 19.1. The van der Waals surface area contributed by atoms with Crippen LogP contribution >= 0.6 is 0 Å². The number of hydrogen-bond donors (Lipinski definition) is 0. The first-order valence-corrected chi connectivity index (χ1v) is 11.0. The van der Waals surface area contributed by atoms with Crippen LogP contribution in [0.5, 0.6) is 5.75 Å². The van der Waals surface area contributed by atoms with Crippen molar-refractivity contribution in [3.8, 4) is 28.0 Å². The maximum Gasteiger partial charge on any atom is 0.343 e. The summed E-state index contributed by atoms with van der Waals surface area (Å²) >= 11 is 0. The van der Waals surface area contributed by atoms with Crippen molar-refractivity contribution in [1.29, 1.82) is 0 Å². The van der Waals surface area contributed by atoms with Gasteiger partial charge in [0, 0.05) is 6.07 Å². The minimum atomic E-state index is -0.642. The lowest BCUT2D eigenvalue weighted by Crippen LogP contribution is -2.08. The number of halogens is 2. The average molecular weight is 443 g/mol. The second kappa shape index (κ2) is 10.2. The van der Waals surface area contributed by atoms with Gasteiger partial charge >= 0.3 is 5.97 Å². The lowest BCUT2D eigenvalue weighted by Gasteiger charge is -2.08. The number of unbranched alkanes of at least 4 members (excludes halogenated alkanes) is 1. The van der Waals surface area contributed by atoms with Crippen LogP contribution in [0.15, 0.2) is 91.0 Å².